The maximum Gasteiger partial charge on any atom is 0.410 e. The van der Waals surface area contributed by atoms with Gasteiger partial charge in [0.2, 0.25) is 0 Å². The zero-order valence-corrected chi connectivity index (χ0v) is 12.9. The second-order valence-electron chi connectivity index (χ2n) is 6.55. The molecule has 0 atom stereocenters. The summed E-state index contributed by atoms with van der Waals surface area (Å²) in [5.41, 5.74) is 4.95. The maximum absolute atomic E-state index is 15.0. The fourth-order valence-electron chi connectivity index (χ4n) is 2.44. The van der Waals surface area contributed by atoms with Crippen LogP contribution in [0.15, 0.2) is 24.3 Å². The van der Waals surface area contributed by atoms with E-state index in [0.717, 1.165) is 0 Å². The highest BCUT2D eigenvalue weighted by atomic mass is 19.1. The Morgan fingerprint density at radius 2 is 1.76 bits per heavy atom. The van der Waals surface area contributed by atoms with E-state index in [1.165, 1.54) is 0 Å². The average molecular weight is 294 g/mol. The van der Waals surface area contributed by atoms with Crippen LogP contribution in [0, 0.1) is 0 Å². The van der Waals surface area contributed by atoms with Crippen LogP contribution >= 0.6 is 0 Å². The minimum atomic E-state index is -1.40. The molecule has 1 aliphatic rings. The number of ether oxygens (including phenoxy) is 1. The van der Waals surface area contributed by atoms with Gasteiger partial charge >= 0.3 is 6.09 Å². The number of nitrogens with zero attached hydrogens (tertiary/aromatic N) is 1. The molecule has 1 fully saturated rings. The molecule has 2 rings (SSSR count). The monoisotopic (exact) mass is 294 g/mol. The Labute approximate surface area is 125 Å². The number of alkyl halides is 1. The molecule has 1 amide bonds. The number of amides is 1. The van der Waals surface area contributed by atoms with Crippen molar-refractivity contribution in [3.05, 3.63) is 29.8 Å². The number of halogens is 1. The van der Waals surface area contributed by atoms with Crippen LogP contribution in [-0.4, -0.2) is 29.7 Å². The molecule has 0 bridgehead atoms. The van der Waals surface area contributed by atoms with E-state index in [1.807, 2.05) is 20.8 Å². The lowest BCUT2D eigenvalue weighted by Crippen LogP contribution is -2.45. The summed E-state index contributed by atoms with van der Waals surface area (Å²) in [6.45, 7) is 6.18. The van der Waals surface area contributed by atoms with Crippen LogP contribution in [0.5, 0.6) is 0 Å². The summed E-state index contributed by atoms with van der Waals surface area (Å²) in [6, 6.07) is 6.85. The van der Waals surface area contributed by atoms with Crippen LogP contribution in [0.1, 0.15) is 39.2 Å². The van der Waals surface area contributed by atoms with Gasteiger partial charge in [0.15, 0.2) is 0 Å². The number of anilines is 1. The second-order valence-corrected chi connectivity index (χ2v) is 6.55. The van der Waals surface area contributed by atoms with E-state index >= 15 is 0 Å². The first-order valence-electron chi connectivity index (χ1n) is 7.22. The quantitative estimate of drug-likeness (QED) is 0.807. The van der Waals surface area contributed by atoms with E-state index < -0.39 is 11.3 Å². The Morgan fingerprint density at radius 3 is 2.24 bits per heavy atom. The molecule has 0 radical (unpaired) electrons. The third-order valence-electron chi connectivity index (χ3n) is 3.64. The van der Waals surface area contributed by atoms with Crippen molar-refractivity contribution in [2.45, 2.75) is 44.9 Å². The summed E-state index contributed by atoms with van der Waals surface area (Å²) >= 11 is 0. The van der Waals surface area contributed by atoms with Crippen molar-refractivity contribution in [1.82, 2.24) is 4.90 Å². The topological polar surface area (TPSA) is 55.6 Å². The van der Waals surface area contributed by atoms with E-state index in [-0.39, 0.29) is 18.9 Å². The van der Waals surface area contributed by atoms with Crippen LogP contribution < -0.4 is 5.73 Å². The normalized spacial score (nSPS) is 18.4. The number of likely N-dealkylation sites (tertiary alicyclic amines) is 1. The number of nitrogens with two attached hydrogens (primary N) is 1. The van der Waals surface area contributed by atoms with Gasteiger partial charge in [0.1, 0.15) is 11.3 Å². The molecule has 0 unspecified atom stereocenters. The third-order valence-corrected chi connectivity index (χ3v) is 3.64. The molecule has 0 aromatic heterocycles. The van der Waals surface area contributed by atoms with E-state index in [9.17, 15) is 9.18 Å². The standard InChI is InChI=1S/C16H23FN2O2/c1-15(2,3)21-14(20)19-10-8-16(17,9-11-19)12-4-6-13(18)7-5-12/h4-7H,8-11,18H2,1-3H3. The minimum Gasteiger partial charge on any atom is -0.444 e. The van der Waals surface area contributed by atoms with Crippen molar-refractivity contribution >= 4 is 11.8 Å². The Bertz CT molecular complexity index is 500. The molecule has 1 aromatic carbocycles. The number of benzene rings is 1. The van der Waals surface area contributed by atoms with Crippen molar-refractivity contribution in [2.24, 2.45) is 0 Å². The van der Waals surface area contributed by atoms with E-state index in [4.69, 9.17) is 10.5 Å². The number of carbonyl (C=O) groups is 1. The van der Waals surface area contributed by atoms with Gasteiger partial charge in [0.25, 0.3) is 0 Å². The van der Waals surface area contributed by atoms with Crippen molar-refractivity contribution in [3.63, 3.8) is 0 Å². The van der Waals surface area contributed by atoms with Gasteiger partial charge < -0.3 is 15.4 Å². The predicted octanol–water partition coefficient (Wildman–Crippen LogP) is 3.46. The molecular formula is C16H23FN2O2. The molecule has 21 heavy (non-hydrogen) atoms. The second kappa shape index (κ2) is 5.54. The lowest BCUT2D eigenvalue weighted by Gasteiger charge is -2.37. The van der Waals surface area contributed by atoms with Gasteiger partial charge in [0.05, 0.1) is 0 Å². The Balaban J connectivity index is 1.99. The van der Waals surface area contributed by atoms with Gasteiger partial charge in [0, 0.05) is 31.6 Å². The molecule has 1 heterocycles. The SMILES string of the molecule is CC(C)(C)OC(=O)N1CCC(F)(c2ccc(N)cc2)CC1. The first-order valence-corrected chi connectivity index (χ1v) is 7.22. The number of piperidine rings is 1. The van der Waals surface area contributed by atoms with Crippen molar-refractivity contribution in [2.75, 3.05) is 18.8 Å². The highest BCUT2D eigenvalue weighted by Crippen LogP contribution is 2.37. The largest absolute Gasteiger partial charge is 0.444 e. The molecule has 0 aliphatic carbocycles. The Morgan fingerprint density at radius 1 is 1.24 bits per heavy atom. The van der Waals surface area contributed by atoms with E-state index in [1.54, 1.807) is 29.2 Å². The summed E-state index contributed by atoms with van der Waals surface area (Å²) in [6.07, 6.45) is 0.175. The van der Waals surface area contributed by atoms with E-state index in [0.29, 0.717) is 24.3 Å². The zero-order chi connectivity index (χ0) is 15.7. The molecule has 1 saturated heterocycles. The number of rotatable bonds is 1. The summed E-state index contributed by atoms with van der Waals surface area (Å²) < 4.78 is 20.3. The van der Waals surface area contributed by atoms with Crippen molar-refractivity contribution in [3.8, 4) is 0 Å². The van der Waals surface area contributed by atoms with Gasteiger partial charge in [-0.3, -0.25) is 0 Å². The number of carbonyl (C=O) groups excluding carboxylic acids is 1. The Kier molecular flexibility index (Phi) is 4.12. The van der Waals surface area contributed by atoms with Crippen LogP contribution in [0.4, 0.5) is 14.9 Å². The summed E-state index contributed by atoms with van der Waals surface area (Å²) in [4.78, 5) is 13.5. The molecule has 2 N–H and O–H groups in total. The molecule has 0 spiro atoms. The smallest absolute Gasteiger partial charge is 0.410 e. The first-order chi connectivity index (χ1) is 9.70. The van der Waals surface area contributed by atoms with Crippen LogP contribution in [0.25, 0.3) is 0 Å². The van der Waals surface area contributed by atoms with Crippen LogP contribution in [0.3, 0.4) is 0 Å². The summed E-state index contributed by atoms with van der Waals surface area (Å²) in [5, 5.41) is 0. The molecule has 4 nitrogen and oxygen atoms in total. The fraction of sp³-hybridized carbons (Fsp3) is 0.562. The fourth-order valence-corrected chi connectivity index (χ4v) is 2.44. The highest BCUT2D eigenvalue weighted by Gasteiger charge is 2.38. The minimum absolute atomic E-state index is 0.274. The molecule has 1 aromatic rings. The lowest BCUT2D eigenvalue weighted by molar-refractivity contribution is 0.00221. The average Bonchev–Trinajstić information content (AvgIpc) is 2.38. The predicted molar refractivity (Wildman–Crippen MR) is 80.7 cm³/mol. The first kappa shape index (κ1) is 15.6. The third kappa shape index (κ3) is 3.86. The Hall–Kier alpha value is -1.78. The lowest BCUT2D eigenvalue weighted by atomic mass is 9.86. The highest BCUT2D eigenvalue weighted by molar-refractivity contribution is 5.68. The molecule has 116 valence electrons. The molecule has 0 saturated carbocycles. The van der Waals surface area contributed by atoms with Crippen LogP contribution in [-0.2, 0) is 10.4 Å². The maximum atomic E-state index is 15.0. The summed E-state index contributed by atoms with van der Waals surface area (Å²) in [5.74, 6) is 0. The number of hydrogen-bond donors (Lipinski definition) is 1. The van der Waals surface area contributed by atoms with Gasteiger partial charge in [-0.25, -0.2) is 9.18 Å². The summed E-state index contributed by atoms with van der Waals surface area (Å²) in [7, 11) is 0. The van der Waals surface area contributed by atoms with Crippen molar-refractivity contribution < 1.29 is 13.9 Å². The molecule has 5 heteroatoms. The number of nitrogen functional groups attached to an aromatic ring is 1. The van der Waals surface area contributed by atoms with Gasteiger partial charge in [-0.2, -0.15) is 0 Å². The van der Waals surface area contributed by atoms with Gasteiger partial charge in [-0.15, -0.1) is 0 Å². The van der Waals surface area contributed by atoms with Crippen LogP contribution in [0.2, 0.25) is 0 Å². The van der Waals surface area contributed by atoms with Gasteiger partial charge in [-0.1, -0.05) is 12.1 Å². The van der Waals surface area contributed by atoms with Crippen molar-refractivity contribution in [1.29, 1.82) is 0 Å². The number of hydrogen-bond acceptors (Lipinski definition) is 3. The van der Waals surface area contributed by atoms with E-state index in [2.05, 4.69) is 0 Å². The zero-order valence-electron chi connectivity index (χ0n) is 12.9. The molecule has 1 aliphatic heterocycles. The van der Waals surface area contributed by atoms with Gasteiger partial charge in [-0.05, 0) is 38.5 Å². The molecular weight excluding hydrogens is 271 g/mol.